The Bertz CT molecular complexity index is 321. The number of hydrogen-bond acceptors (Lipinski definition) is 1. The van der Waals surface area contributed by atoms with Crippen LogP contribution in [0.4, 0.5) is 4.39 Å². The molecule has 0 amide bonds. The van der Waals surface area contributed by atoms with Gasteiger partial charge in [0.2, 0.25) is 0 Å². The molecule has 0 unspecified atom stereocenters. The highest BCUT2D eigenvalue weighted by atomic mass is 79.9. The summed E-state index contributed by atoms with van der Waals surface area (Å²) in [7, 11) is 0. The Morgan fingerprint density at radius 3 is 2.69 bits per heavy atom. The number of halogens is 2. The lowest BCUT2D eigenvalue weighted by molar-refractivity contribution is 0.0734. The Morgan fingerprint density at radius 1 is 1.38 bits per heavy atom. The lowest BCUT2D eigenvalue weighted by Crippen LogP contribution is -2.27. The van der Waals surface area contributed by atoms with Crippen LogP contribution in [0.1, 0.15) is 24.3 Å². The maximum Gasteiger partial charge on any atom is 0.140 e. The third-order valence-electron chi connectivity index (χ3n) is 2.53. The molecule has 1 aromatic rings. The Kier molecular flexibility index (Phi) is 2.39. The number of aliphatic hydroxyl groups is 1. The molecule has 0 radical (unpaired) electrons. The van der Waals surface area contributed by atoms with Crippen molar-refractivity contribution in [2.24, 2.45) is 0 Å². The summed E-state index contributed by atoms with van der Waals surface area (Å²) in [5.41, 5.74) is 0.722. The first kappa shape index (κ1) is 9.16. The fourth-order valence-electron chi connectivity index (χ4n) is 1.68. The highest BCUT2D eigenvalue weighted by molar-refractivity contribution is 9.10. The maximum atomic E-state index is 13.5. The zero-order valence-electron chi connectivity index (χ0n) is 7.00. The van der Waals surface area contributed by atoms with Crippen LogP contribution in [0.5, 0.6) is 0 Å². The monoisotopic (exact) mass is 244 g/mol. The van der Waals surface area contributed by atoms with Crippen LogP contribution < -0.4 is 0 Å². The van der Waals surface area contributed by atoms with Crippen molar-refractivity contribution < 1.29 is 9.50 Å². The summed E-state index contributed by atoms with van der Waals surface area (Å²) >= 11 is 3.15. The van der Waals surface area contributed by atoms with E-state index in [0.717, 1.165) is 5.56 Å². The molecular formula is C10H10BrFO. The molecule has 1 aliphatic rings. The fourth-order valence-corrected chi connectivity index (χ4v) is 2.06. The van der Waals surface area contributed by atoms with Crippen LogP contribution in [-0.2, 0) is 0 Å². The first-order valence-electron chi connectivity index (χ1n) is 4.30. The van der Waals surface area contributed by atoms with Crippen LogP contribution >= 0.6 is 15.9 Å². The minimum atomic E-state index is -0.233. The molecule has 13 heavy (non-hydrogen) atoms. The van der Waals surface area contributed by atoms with Crippen molar-refractivity contribution >= 4 is 15.9 Å². The number of hydrogen-bond donors (Lipinski definition) is 1. The molecule has 0 saturated heterocycles. The molecule has 0 bridgehead atoms. The molecule has 0 aliphatic heterocycles. The van der Waals surface area contributed by atoms with E-state index in [9.17, 15) is 4.39 Å². The second-order valence-corrected chi connectivity index (χ2v) is 4.32. The van der Waals surface area contributed by atoms with Gasteiger partial charge in [0.25, 0.3) is 0 Å². The van der Waals surface area contributed by atoms with Crippen molar-refractivity contribution in [2.45, 2.75) is 24.9 Å². The van der Waals surface area contributed by atoms with E-state index >= 15 is 0 Å². The van der Waals surface area contributed by atoms with Crippen molar-refractivity contribution in [2.75, 3.05) is 0 Å². The summed E-state index contributed by atoms with van der Waals surface area (Å²) in [5.74, 6) is 0.0203. The number of benzene rings is 1. The van der Waals surface area contributed by atoms with E-state index in [1.165, 1.54) is 0 Å². The quantitative estimate of drug-likeness (QED) is 0.806. The van der Waals surface area contributed by atoms with Crippen molar-refractivity contribution in [3.05, 3.63) is 34.1 Å². The van der Waals surface area contributed by atoms with Crippen LogP contribution in [0.2, 0.25) is 0 Å². The fraction of sp³-hybridized carbons (Fsp3) is 0.400. The highest BCUT2D eigenvalue weighted by Gasteiger charge is 2.30. The van der Waals surface area contributed by atoms with Crippen LogP contribution in [0.15, 0.2) is 22.7 Å². The van der Waals surface area contributed by atoms with Gasteiger partial charge in [-0.3, -0.25) is 0 Å². The van der Waals surface area contributed by atoms with Gasteiger partial charge in [0.1, 0.15) is 5.82 Å². The molecule has 1 nitrogen and oxygen atoms in total. The van der Waals surface area contributed by atoms with Gasteiger partial charge in [-0.25, -0.2) is 4.39 Å². The summed E-state index contributed by atoms with van der Waals surface area (Å²) in [4.78, 5) is 0. The van der Waals surface area contributed by atoms with Crippen LogP contribution in [0.25, 0.3) is 0 Å². The lowest BCUT2D eigenvalue weighted by Gasteiger charge is -2.32. The van der Waals surface area contributed by atoms with Crippen LogP contribution in [0.3, 0.4) is 0 Å². The average Bonchev–Trinajstić information content (AvgIpc) is 2.05. The van der Waals surface area contributed by atoms with Crippen LogP contribution in [0, 0.1) is 5.82 Å². The van der Waals surface area contributed by atoms with Gasteiger partial charge in [0.05, 0.1) is 10.6 Å². The van der Waals surface area contributed by atoms with E-state index in [4.69, 9.17) is 5.11 Å². The molecular weight excluding hydrogens is 235 g/mol. The first-order valence-corrected chi connectivity index (χ1v) is 5.09. The zero-order chi connectivity index (χ0) is 9.42. The molecule has 0 spiro atoms. The minimum Gasteiger partial charge on any atom is -0.393 e. The lowest BCUT2D eigenvalue weighted by atomic mass is 9.77. The number of rotatable bonds is 1. The molecule has 3 heteroatoms. The maximum absolute atomic E-state index is 13.5. The SMILES string of the molecule is OC1CC(c2cccc(Br)c2F)C1. The van der Waals surface area contributed by atoms with Gasteiger partial charge in [-0.2, -0.15) is 0 Å². The molecule has 1 aliphatic carbocycles. The smallest absolute Gasteiger partial charge is 0.140 e. The average molecular weight is 245 g/mol. The Balaban J connectivity index is 2.26. The van der Waals surface area contributed by atoms with Gasteiger partial charge in [-0.05, 0) is 46.3 Å². The van der Waals surface area contributed by atoms with Gasteiger partial charge >= 0.3 is 0 Å². The van der Waals surface area contributed by atoms with E-state index in [2.05, 4.69) is 15.9 Å². The summed E-state index contributed by atoms with van der Waals surface area (Å²) < 4.78 is 14.0. The highest BCUT2D eigenvalue weighted by Crippen LogP contribution is 2.39. The van der Waals surface area contributed by atoms with Crippen molar-refractivity contribution in [3.8, 4) is 0 Å². The second kappa shape index (κ2) is 3.39. The Morgan fingerprint density at radius 2 is 2.08 bits per heavy atom. The summed E-state index contributed by atoms with van der Waals surface area (Å²) in [6.07, 6.45) is 1.14. The topological polar surface area (TPSA) is 20.2 Å². The molecule has 70 valence electrons. The van der Waals surface area contributed by atoms with Gasteiger partial charge < -0.3 is 5.11 Å². The Hall–Kier alpha value is -0.410. The Labute approximate surface area is 84.7 Å². The summed E-state index contributed by atoms with van der Waals surface area (Å²) in [5, 5.41) is 9.11. The van der Waals surface area contributed by atoms with Crippen molar-refractivity contribution in [1.29, 1.82) is 0 Å². The van der Waals surface area contributed by atoms with Gasteiger partial charge in [-0.1, -0.05) is 12.1 Å². The largest absolute Gasteiger partial charge is 0.393 e. The van der Waals surface area contributed by atoms with E-state index in [1.54, 1.807) is 12.1 Å². The predicted octanol–water partition coefficient (Wildman–Crippen LogP) is 2.83. The van der Waals surface area contributed by atoms with Gasteiger partial charge in [0.15, 0.2) is 0 Å². The molecule has 1 N–H and O–H groups in total. The number of aliphatic hydroxyl groups excluding tert-OH is 1. The first-order chi connectivity index (χ1) is 6.18. The molecule has 1 saturated carbocycles. The van der Waals surface area contributed by atoms with E-state index in [0.29, 0.717) is 17.3 Å². The molecule has 0 aromatic heterocycles. The van der Waals surface area contributed by atoms with Gasteiger partial charge in [0, 0.05) is 0 Å². The van der Waals surface area contributed by atoms with Gasteiger partial charge in [-0.15, -0.1) is 0 Å². The third kappa shape index (κ3) is 1.63. The normalized spacial score (nSPS) is 27.0. The molecule has 1 aromatic carbocycles. The molecule has 2 rings (SSSR count). The summed E-state index contributed by atoms with van der Waals surface area (Å²) in [6, 6.07) is 5.30. The molecule has 0 heterocycles. The standard InChI is InChI=1S/C10H10BrFO/c11-9-3-1-2-8(10(9)12)6-4-7(13)5-6/h1-3,6-7,13H,4-5H2. The molecule has 0 atom stereocenters. The molecule has 1 fully saturated rings. The van der Waals surface area contributed by atoms with E-state index < -0.39 is 0 Å². The van der Waals surface area contributed by atoms with Crippen molar-refractivity contribution in [3.63, 3.8) is 0 Å². The van der Waals surface area contributed by atoms with E-state index in [-0.39, 0.29) is 17.8 Å². The minimum absolute atomic E-state index is 0.181. The second-order valence-electron chi connectivity index (χ2n) is 3.47. The van der Waals surface area contributed by atoms with Crippen molar-refractivity contribution in [1.82, 2.24) is 0 Å². The third-order valence-corrected chi connectivity index (χ3v) is 3.15. The zero-order valence-corrected chi connectivity index (χ0v) is 8.59. The predicted molar refractivity (Wildman–Crippen MR) is 52.1 cm³/mol. The summed E-state index contributed by atoms with van der Waals surface area (Å²) in [6.45, 7) is 0. The van der Waals surface area contributed by atoms with E-state index in [1.807, 2.05) is 6.07 Å². The van der Waals surface area contributed by atoms with Crippen LogP contribution in [-0.4, -0.2) is 11.2 Å².